The third-order valence-electron chi connectivity index (χ3n) is 6.02. The molecular weight excluding hydrogens is 448 g/mol. The van der Waals surface area contributed by atoms with Crippen LogP contribution < -0.4 is 0 Å². The summed E-state index contributed by atoms with van der Waals surface area (Å²) in [7, 11) is -2.32. The van der Waals surface area contributed by atoms with E-state index < -0.39 is 14.9 Å². The summed E-state index contributed by atoms with van der Waals surface area (Å²) in [4.78, 5) is 27.0. The first-order chi connectivity index (χ1) is 15.7. The molecule has 2 heterocycles. The average Bonchev–Trinajstić information content (AvgIpc) is 3.11. The van der Waals surface area contributed by atoms with Gasteiger partial charge in [0.2, 0.25) is 10.0 Å². The molecule has 0 radical (unpaired) electrons. The van der Waals surface area contributed by atoms with Gasteiger partial charge >= 0.3 is 5.97 Å². The smallest absolute Gasteiger partial charge is 0.325 e. The molecule has 1 aliphatic rings. The summed E-state index contributed by atoms with van der Waals surface area (Å²) >= 11 is 0. The van der Waals surface area contributed by atoms with E-state index in [1.807, 2.05) is 10.6 Å². The first-order valence-corrected chi connectivity index (χ1v) is 12.0. The van der Waals surface area contributed by atoms with Gasteiger partial charge in [-0.3, -0.25) is 19.9 Å². The van der Waals surface area contributed by atoms with Crippen LogP contribution in [0.4, 0.5) is 5.69 Å². The Morgan fingerprint density at radius 2 is 2.03 bits per heavy atom. The molecule has 2 aromatic heterocycles. The van der Waals surface area contributed by atoms with Crippen molar-refractivity contribution in [3.05, 3.63) is 64.0 Å². The van der Waals surface area contributed by atoms with Crippen molar-refractivity contribution >= 4 is 32.7 Å². The van der Waals surface area contributed by atoms with Gasteiger partial charge in [-0.25, -0.2) is 8.42 Å². The van der Waals surface area contributed by atoms with Crippen molar-refractivity contribution in [3.63, 3.8) is 0 Å². The first-order valence-electron chi connectivity index (χ1n) is 10.6. The van der Waals surface area contributed by atoms with Gasteiger partial charge in [0.05, 0.1) is 27.5 Å². The van der Waals surface area contributed by atoms with E-state index in [1.165, 1.54) is 35.6 Å². The van der Waals surface area contributed by atoms with Crippen molar-refractivity contribution in [2.45, 2.75) is 43.7 Å². The number of pyridine rings is 1. The van der Waals surface area contributed by atoms with Gasteiger partial charge in [0.15, 0.2) is 0 Å². The quantitative estimate of drug-likeness (QED) is 0.294. The first kappa shape index (κ1) is 22.9. The maximum absolute atomic E-state index is 13.2. The van der Waals surface area contributed by atoms with Crippen LogP contribution >= 0.6 is 0 Å². The molecule has 33 heavy (non-hydrogen) atoms. The lowest BCUT2D eigenvalue weighted by molar-refractivity contribution is -0.384. The number of ether oxygens (including phenoxy) is 1. The molecule has 0 bridgehead atoms. The van der Waals surface area contributed by atoms with Crippen LogP contribution in [-0.2, 0) is 38.9 Å². The predicted octanol–water partition coefficient (Wildman–Crippen LogP) is 2.69. The second kappa shape index (κ2) is 8.91. The number of hydrogen-bond acceptors (Lipinski definition) is 7. The van der Waals surface area contributed by atoms with E-state index in [9.17, 15) is 23.3 Å². The largest absolute Gasteiger partial charge is 0.465 e. The number of nitro groups is 1. The van der Waals surface area contributed by atoms with E-state index in [-0.39, 0.29) is 29.1 Å². The summed E-state index contributed by atoms with van der Waals surface area (Å²) in [5.74, 6) is -0.332. The molecule has 1 unspecified atom stereocenters. The van der Waals surface area contributed by atoms with Crippen molar-refractivity contribution in [2.24, 2.45) is 0 Å². The number of carbonyl (C=O) groups is 1. The number of non-ortho nitro benzene ring substituents is 1. The fourth-order valence-electron chi connectivity index (χ4n) is 4.36. The normalized spacial score (nSPS) is 16.0. The molecule has 10 nitrogen and oxygen atoms in total. The van der Waals surface area contributed by atoms with Gasteiger partial charge in [-0.2, -0.15) is 4.31 Å². The number of aromatic nitrogens is 2. The Balaban J connectivity index is 1.64. The Morgan fingerprint density at radius 3 is 2.70 bits per heavy atom. The molecule has 4 rings (SSSR count). The molecule has 0 N–H and O–H groups in total. The Kier molecular flexibility index (Phi) is 6.17. The summed E-state index contributed by atoms with van der Waals surface area (Å²) in [6, 6.07) is 8.26. The number of rotatable bonds is 7. The van der Waals surface area contributed by atoms with Gasteiger partial charge in [0, 0.05) is 42.7 Å². The summed E-state index contributed by atoms with van der Waals surface area (Å²) in [5, 5.41) is 10.9. The number of sulfonamides is 1. The summed E-state index contributed by atoms with van der Waals surface area (Å²) in [6.07, 6.45) is 3.27. The number of carbonyl (C=O) groups excluding carboxylic acids is 1. The SMILES string of the molecule is CCOC(=O)Cn1c2c(c3ncccc31)CC(N(C)S(=O)(=O)c1ccc([N+](=O)[O-])cc1)CC2. The molecule has 174 valence electrons. The van der Waals surface area contributed by atoms with Crippen LogP contribution in [0.25, 0.3) is 11.0 Å². The molecule has 0 amide bonds. The highest BCUT2D eigenvalue weighted by Crippen LogP contribution is 2.34. The lowest BCUT2D eigenvalue weighted by atomic mass is 9.92. The molecule has 0 saturated heterocycles. The van der Waals surface area contributed by atoms with Crippen molar-refractivity contribution in [1.82, 2.24) is 13.9 Å². The van der Waals surface area contributed by atoms with E-state index in [0.29, 0.717) is 25.9 Å². The van der Waals surface area contributed by atoms with Crippen molar-refractivity contribution in [2.75, 3.05) is 13.7 Å². The van der Waals surface area contributed by atoms with Crippen LogP contribution in [0.15, 0.2) is 47.5 Å². The van der Waals surface area contributed by atoms with Gasteiger partial charge in [0.1, 0.15) is 6.54 Å². The predicted molar refractivity (Wildman–Crippen MR) is 120 cm³/mol. The highest BCUT2D eigenvalue weighted by Gasteiger charge is 2.34. The third-order valence-corrected chi connectivity index (χ3v) is 7.95. The number of benzene rings is 1. The zero-order valence-corrected chi connectivity index (χ0v) is 19.1. The highest BCUT2D eigenvalue weighted by atomic mass is 32.2. The molecule has 1 aromatic carbocycles. The Bertz CT molecular complexity index is 1320. The molecule has 0 aliphatic heterocycles. The standard InChI is InChI=1S/C22H24N4O6S/c1-3-32-21(27)14-25-19-11-8-16(13-18(19)22-20(25)5-4-12-23-22)24(2)33(30,31)17-9-6-15(7-10-17)26(28)29/h4-7,9-10,12,16H,3,8,11,13-14H2,1-2H3. The van der Waals surface area contributed by atoms with Gasteiger partial charge in [-0.1, -0.05) is 0 Å². The summed E-state index contributed by atoms with van der Waals surface area (Å²) in [5.41, 5.74) is 3.30. The molecule has 3 aromatic rings. The maximum atomic E-state index is 13.2. The molecule has 0 spiro atoms. The van der Waals surface area contributed by atoms with Crippen molar-refractivity contribution < 1.29 is 22.9 Å². The minimum atomic E-state index is -3.85. The zero-order valence-electron chi connectivity index (χ0n) is 18.3. The van der Waals surface area contributed by atoms with Crippen LogP contribution in [0.3, 0.4) is 0 Å². The van der Waals surface area contributed by atoms with Crippen LogP contribution in [0.2, 0.25) is 0 Å². The number of nitrogens with zero attached hydrogens (tertiary/aromatic N) is 4. The van der Waals surface area contributed by atoms with Crippen molar-refractivity contribution in [1.29, 1.82) is 0 Å². The number of likely N-dealkylation sites (N-methyl/N-ethyl adjacent to an activating group) is 1. The fraction of sp³-hybridized carbons (Fsp3) is 0.364. The van der Waals surface area contributed by atoms with Gasteiger partial charge in [-0.15, -0.1) is 0 Å². The van der Waals surface area contributed by atoms with E-state index >= 15 is 0 Å². The van der Waals surface area contributed by atoms with Gasteiger partial charge < -0.3 is 9.30 Å². The monoisotopic (exact) mass is 472 g/mol. The summed E-state index contributed by atoms with van der Waals surface area (Å²) in [6.45, 7) is 2.13. The van der Waals surface area contributed by atoms with E-state index in [4.69, 9.17) is 4.74 Å². The highest BCUT2D eigenvalue weighted by molar-refractivity contribution is 7.89. The Morgan fingerprint density at radius 1 is 1.30 bits per heavy atom. The molecule has 1 aliphatic carbocycles. The van der Waals surface area contributed by atoms with Crippen LogP contribution in [-0.4, -0.2) is 52.9 Å². The molecule has 0 saturated carbocycles. The lowest BCUT2D eigenvalue weighted by Crippen LogP contribution is -2.40. The van der Waals surface area contributed by atoms with Crippen LogP contribution in [0.5, 0.6) is 0 Å². The number of esters is 1. The van der Waals surface area contributed by atoms with Gasteiger partial charge in [0.25, 0.3) is 5.69 Å². The third kappa shape index (κ3) is 4.21. The van der Waals surface area contributed by atoms with Crippen LogP contribution in [0, 0.1) is 10.1 Å². The second-order valence-corrected chi connectivity index (χ2v) is 9.85. The van der Waals surface area contributed by atoms with E-state index in [1.54, 1.807) is 19.2 Å². The number of hydrogen-bond donors (Lipinski definition) is 0. The fourth-order valence-corrected chi connectivity index (χ4v) is 5.75. The summed E-state index contributed by atoms with van der Waals surface area (Å²) < 4.78 is 34.7. The molecule has 11 heteroatoms. The molecule has 0 fully saturated rings. The number of nitro benzene ring substituents is 1. The Labute approximate surface area is 191 Å². The minimum absolute atomic E-state index is 0.00395. The van der Waals surface area contributed by atoms with E-state index in [0.717, 1.165) is 22.3 Å². The number of fused-ring (bicyclic) bond motifs is 3. The molecular formula is C22H24N4O6S. The Hall–Kier alpha value is -3.31. The van der Waals surface area contributed by atoms with E-state index in [2.05, 4.69) is 4.98 Å². The average molecular weight is 473 g/mol. The second-order valence-electron chi connectivity index (χ2n) is 7.86. The topological polar surface area (TPSA) is 125 Å². The maximum Gasteiger partial charge on any atom is 0.325 e. The molecule has 1 atom stereocenters. The minimum Gasteiger partial charge on any atom is -0.465 e. The van der Waals surface area contributed by atoms with Crippen LogP contribution in [0.1, 0.15) is 24.6 Å². The van der Waals surface area contributed by atoms with Gasteiger partial charge in [-0.05, 0) is 50.5 Å². The van der Waals surface area contributed by atoms with Crippen molar-refractivity contribution in [3.8, 4) is 0 Å². The zero-order chi connectivity index (χ0) is 23.8. The lowest BCUT2D eigenvalue weighted by Gasteiger charge is -2.31.